The molecule has 118 valence electrons. The SMILES string of the molecule is CCOC(C1CCCCC1)C(NN)C1CCCC(C)C1. The lowest BCUT2D eigenvalue weighted by Crippen LogP contribution is -2.53. The average molecular weight is 282 g/mol. The molecule has 0 radical (unpaired) electrons. The number of nitrogens with two attached hydrogens (primary N) is 1. The molecule has 0 aromatic heterocycles. The molecule has 0 bridgehead atoms. The van der Waals surface area contributed by atoms with E-state index in [0.717, 1.165) is 12.5 Å². The second-order valence-corrected chi connectivity index (χ2v) is 7.04. The van der Waals surface area contributed by atoms with E-state index in [1.165, 1.54) is 57.8 Å². The minimum absolute atomic E-state index is 0.320. The van der Waals surface area contributed by atoms with Gasteiger partial charge in [-0.2, -0.15) is 0 Å². The summed E-state index contributed by atoms with van der Waals surface area (Å²) < 4.78 is 6.18. The molecule has 3 heteroatoms. The van der Waals surface area contributed by atoms with Gasteiger partial charge in [0.1, 0.15) is 0 Å². The lowest BCUT2D eigenvalue weighted by molar-refractivity contribution is -0.0376. The summed E-state index contributed by atoms with van der Waals surface area (Å²) in [5, 5.41) is 0. The minimum atomic E-state index is 0.320. The predicted molar refractivity (Wildman–Crippen MR) is 84.2 cm³/mol. The molecule has 0 spiro atoms. The van der Waals surface area contributed by atoms with Crippen molar-refractivity contribution >= 4 is 0 Å². The number of rotatable bonds is 6. The van der Waals surface area contributed by atoms with E-state index < -0.39 is 0 Å². The maximum atomic E-state index is 6.18. The summed E-state index contributed by atoms with van der Waals surface area (Å²) >= 11 is 0. The molecule has 3 nitrogen and oxygen atoms in total. The van der Waals surface area contributed by atoms with Crippen LogP contribution in [0, 0.1) is 17.8 Å². The summed E-state index contributed by atoms with van der Waals surface area (Å²) in [5.41, 5.74) is 3.15. The Morgan fingerprint density at radius 2 is 1.75 bits per heavy atom. The minimum Gasteiger partial charge on any atom is -0.377 e. The Balaban J connectivity index is 2.03. The van der Waals surface area contributed by atoms with E-state index in [-0.39, 0.29) is 0 Å². The van der Waals surface area contributed by atoms with Gasteiger partial charge in [-0.05, 0) is 50.4 Å². The molecular weight excluding hydrogens is 248 g/mol. The van der Waals surface area contributed by atoms with Crippen LogP contribution in [0.25, 0.3) is 0 Å². The highest BCUT2D eigenvalue weighted by Crippen LogP contribution is 2.36. The van der Waals surface area contributed by atoms with E-state index in [2.05, 4.69) is 19.3 Å². The third kappa shape index (κ3) is 4.19. The van der Waals surface area contributed by atoms with Crippen molar-refractivity contribution in [2.75, 3.05) is 6.61 Å². The van der Waals surface area contributed by atoms with Gasteiger partial charge in [-0.1, -0.05) is 39.0 Å². The molecule has 2 aliphatic rings. The summed E-state index contributed by atoms with van der Waals surface area (Å²) in [6, 6.07) is 0.348. The van der Waals surface area contributed by atoms with Crippen LogP contribution in [-0.4, -0.2) is 18.8 Å². The predicted octanol–water partition coefficient (Wildman–Crippen LogP) is 3.63. The van der Waals surface area contributed by atoms with Gasteiger partial charge in [0.15, 0.2) is 0 Å². The number of hydrogen-bond acceptors (Lipinski definition) is 3. The third-order valence-electron chi connectivity index (χ3n) is 5.50. The first-order valence-corrected chi connectivity index (χ1v) is 8.84. The summed E-state index contributed by atoms with van der Waals surface area (Å²) in [7, 11) is 0. The van der Waals surface area contributed by atoms with Crippen LogP contribution in [0.1, 0.15) is 71.6 Å². The lowest BCUT2D eigenvalue weighted by Gasteiger charge is -2.41. The third-order valence-corrected chi connectivity index (χ3v) is 5.50. The Morgan fingerprint density at radius 1 is 1.05 bits per heavy atom. The first-order valence-electron chi connectivity index (χ1n) is 8.84. The fourth-order valence-corrected chi connectivity index (χ4v) is 4.49. The average Bonchev–Trinajstić information content (AvgIpc) is 2.48. The van der Waals surface area contributed by atoms with Gasteiger partial charge in [0, 0.05) is 6.61 Å². The first kappa shape index (κ1) is 16.3. The van der Waals surface area contributed by atoms with Crippen molar-refractivity contribution in [1.82, 2.24) is 5.43 Å². The molecule has 20 heavy (non-hydrogen) atoms. The van der Waals surface area contributed by atoms with Gasteiger partial charge in [-0.3, -0.25) is 11.3 Å². The van der Waals surface area contributed by atoms with Gasteiger partial charge < -0.3 is 4.74 Å². The molecule has 2 fully saturated rings. The van der Waals surface area contributed by atoms with E-state index in [9.17, 15) is 0 Å². The van der Waals surface area contributed by atoms with Crippen LogP contribution in [0.2, 0.25) is 0 Å². The maximum absolute atomic E-state index is 6.18. The van der Waals surface area contributed by atoms with E-state index in [4.69, 9.17) is 10.6 Å². The van der Waals surface area contributed by atoms with E-state index in [0.29, 0.717) is 24.0 Å². The molecule has 2 aliphatic carbocycles. The van der Waals surface area contributed by atoms with Crippen molar-refractivity contribution in [2.45, 2.75) is 83.8 Å². The van der Waals surface area contributed by atoms with Gasteiger partial charge in [0.05, 0.1) is 12.1 Å². The highest BCUT2D eigenvalue weighted by Gasteiger charge is 2.36. The zero-order chi connectivity index (χ0) is 14.4. The van der Waals surface area contributed by atoms with Crippen LogP contribution in [0.3, 0.4) is 0 Å². The highest BCUT2D eigenvalue weighted by atomic mass is 16.5. The van der Waals surface area contributed by atoms with E-state index >= 15 is 0 Å². The molecule has 0 aliphatic heterocycles. The summed E-state index contributed by atoms with van der Waals surface area (Å²) in [6.07, 6.45) is 12.5. The van der Waals surface area contributed by atoms with E-state index in [1.54, 1.807) is 0 Å². The van der Waals surface area contributed by atoms with E-state index in [1.807, 2.05) is 0 Å². The van der Waals surface area contributed by atoms with Crippen molar-refractivity contribution in [2.24, 2.45) is 23.6 Å². The largest absolute Gasteiger partial charge is 0.377 e. The van der Waals surface area contributed by atoms with Crippen molar-refractivity contribution in [3.63, 3.8) is 0 Å². The Bertz CT molecular complexity index is 266. The van der Waals surface area contributed by atoms with Crippen molar-refractivity contribution in [3.05, 3.63) is 0 Å². The number of nitrogens with one attached hydrogen (secondary N) is 1. The second-order valence-electron chi connectivity index (χ2n) is 7.04. The Morgan fingerprint density at radius 3 is 2.35 bits per heavy atom. The molecule has 0 aromatic rings. The van der Waals surface area contributed by atoms with Crippen LogP contribution in [-0.2, 0) is 4.74 Å². The quantitative estimate of drug-likeness (QED) is 0.577. The van der Waals surface area contributed by atoms with Crippen molar-refractivity contribution < 1.29 is 4.74 Å². The molecule has 0 aromatic carbocycles. The summed E-state index contributed by atoms with van der Waals surface area (Å²) in [6.45, 7) is 5.31. The number of ether oxygens (including phenoxy) is 1. The normalized spacial score (nSPS) is 31.9. The standard InChI is InChI=1S/C17H34N2O/c1-3-20-17(14-9-5-4-6-10-14)16(19-18)15-11-7-8-13(2)12-15/h13-17,19H,3-12,18H2,1-2H3. The van der Waals surface area contributed by atoms with Crippen LogP contribution in [0.15, 0.2) is 0 Å². The molecule has 3 N–H and O–H groups in total. The highest BCUT2D eigenvalue weighted by molar-refractivity contribution is 4.90. The Labute approximate surface area is 125 Å². The molecule has 0 heterocycles. The zero-order valence-corrected chi connectivity index (χ0v) is 13.4. The maximum Gasteiger partial charge on any atom is 0.0772 e. The molecule has 2 saturated carbocycles. The molecule has 4 unspecified atom stereocenters. The summed E-state index contributed by atoms with van der Waals surface area (Å²) in [4.78, 5) is 0. The van der Waals surface area contributed by atoms with Gasteiger partial charge in [-0.15, -0.1) is 0 Å². The Hall–Kier alpha value is -0.120. The first-order chi connectivity index (χ1) is 9.76. The molecular formula is C17H34N2O. The monoisotopic (exact) mass is 282 g/mol. The van der Waals surface area contributed by atoms with Crippen LogP contribution in [0.5, 0.6) is 0 Å². The van der Waals surface area contributed by atoms with Crippen molar-refractivity contribution in [3.8, 4) is 0 Å². The fourth-order valence-electron chi connectivity index (χ4n) is 4.49. The Kier molecular flexibility index (Phi) is 6.79. The van der Waals surface area contributed by atoms with Gasteiger partial charge in [0.2, 0.25) is 0 Å². The lowest BCUT2D eigenvalue weighted by atomic mass is 9.73. The van der Waals surface area contributed by atoms with Gasteiger partial charge in [0.25, 0.3) is 0 Å². The van der Waals surface area contributed by atoms with Crippen molar-refractivity contribution in [1.29, 1.82) is 0 Å². The fraction of sp³-hybridized carbons (Fsp3) is 1.00. The molecule has 0 amide bonds. The van der Waals surface area contributed by atoms with Gasteiger partial charge in [-0.25, -0.2) is 0 Å². The zero-order valence-electron chi connectivity index (χ0n) is 13.4. The topological polar surface area (TPSA) is 47.3 Å². The molecule has 0 saturated heterocycles. The number of hydrazine groups is 1. The summed E-state index contributed by atoms with van der Waals surface area (Å²) in [5.74, 6) is 8.21. The molecule has 2 rings (SSSR count). The number of hydrogen-bond donors (Lipinski definition) is 2. The van der Waals surface area contributed by atoms with Crippen LogP contribution < -0.4 is 11.3 Å². The smallest absolute Gasteiger partial charge is 0.0772 e. The second kappa shape index (κ2) is 8.35. The van der Waals surface area contributed by atoms with Crippen LogP contribution in [0.4, 0.5) is 0 Å². The van der Waals surface area contributed by atoms with Gasteiger partial charge >= 0.3 is 0 Å². The van der Waals surface area contributed by atoms with Crippen LogP contribution >= 0.6 is 0 Å². The molecule has 4 atom stereocenters.